The lowest BCUT2D eigenvalue weighted by Crippen LogP contribution is -2.49. The number of nitrogens with one attached hydrogen (secondary N) is 1. The highest BCUT2D eigenvalue weighted by molar-refractivity contribution is 4.79. The number of ether oxygens (including phenoxy) is 1. The number of hydrogen-bond donors (Lipinski definition) is 1. The third-order valence-corrected chi connectivity index (χ3v) is 3.70. The first kappa shape index (κ1) is 11.4. The van der Waals surface area contributed by atoms with Crippen LogP contribution in [0.4, 0.5) is 0 Å². The van der Waals surface area contributed by atoms with Crippen LogP contribution in [0.3, 0.4) is 0 Å². The maximum Gasteiger partial charge on any atom is 0.0632 e. The predicted octanol–water partition coefficient (Wildman–Crippen LogP) is 1.24. The summed E-state index contributed by atoms with van der Waals surface area (Å²) in [7, 11) is 2.27. The second kappa shape index (κ2) is 5.83. The summed E-state index contributed by atoms with van der Waals surface area (Å²) in [5, 5.41) is 3.52. The molecule has 1 atom stereocenters. The molecule has 0 amide bonds. The van der Waals surface area contributed by atoms with Crippen LogP contribution in [0.2, 0.25) is 0 Å². The van der Waals surface area contributed by atoms with Gasteiger partial charge in [-0.2, -0.15) is 0 Å². The fourth-order valence-electron chi connectivity index (χ4n) is 2.76. The van der Waals surface area contributed by atoms with Crippen LogP contribution in [0.5, 0.6) is 0 Å². The standard InChI is InChI=1S/C12H24N2O/c1-14(12-5-3-2-4-6-12)9-11-10-15-8-7-13-11/h11-13H,2-10H2,1H3. The van der Waals surface area contributed by atoms with Crippen LogP contribution in [0.25, 0.3) is 0 Å². The van der Waals surface area contributed by atoms with Crippen molar-refractivity contribution in [1.82, 2.24) is 10.2 Å². The van der Waals surface area contributed by atoms with Gasteiger partial charge in [0, 0.05) is 25.2 Å². The summed E-state index contributed by atoms with van der Waals surface area (Å²) in [6.45, 7) is 3.93. The van der Waals surface area contributed by atoms with Crippen LogP contribution in [0.15, 0.2) is 0 Å². The highest BCUT2D eigenvalue weighted by Crippen LogP contribution is 2.21. The fourth-order valence-corrected chi connectivity index (χ4v) is 2.76. The molecule has 1 aliphatic heterocycles. The zero-order valence-corrected chi connectivity index (χ0v) is 9.87. The second-order valence-electron chi connectivity index (χ2n) is 4.96. The summed E-state index contributed by atoms with van der Waals surface area (Å²) in [5.41, 5.74) is 0. The molecule has 3 heteroatoms. The van der Waals surface area contributed by atoms with Crippen LogP contribution in [-0.4, -0.2) is 50.3 Å². The fraction of sp³-hybridized carbons (Fsp3) is 1.00. The quantitative estimate of drug-likeness (QED) is 0.762. The molecular formula is C12H24N2O. The lowest BCUT2D eigenvalue weighted by atomic mass is 9.94. The molecule has 1 aliphatic carbocycles. The van der Waals surface area contributed by atoms with Crippen molar-refractivity contribution in [2.45, 2.75) is 44.2 Å². The van der Waals surface area contributed by atoms with E-state index in [0.717, 1.165) is 32.3 Å². The van der Waals surface area contributed by atoms with Crippen molar-refractivity contribution in [1.29, 1.82) is 0 Å². The summed E-state index contributed by atoms with van der Waals surface area (Å²) in [6, 6.07) is 1.37. The van der Waals surface area contributed by atoms with E-state index in [1.165, 1.54) is 32.1 Å². The zero-order chi connectivity index (χ0) is 10.5. The van der Waals surface area contributed by atoms with Gasteiger partial charge in [-0.05, 0) is 19.9 Å². The van der Waals surface area contributed by atoms with Gasteiger partial charge in [0.2, 0.25) is 0 Å². The smallest absolute Gasteiger partial charge is 0.0632 e. The Balaban J connectivity index is 1.72. The van der Waals surface area contributed by atoms with Gasteiger partial charge >= 0.3 is 0 Å². The van der Waals surface area contributed by atoms with Gasteiger partial charge in [0.15, 0.2) is 0 Å². The number of rotatable bonds is 3. The van der Waals surface area contributed by atoms with E-state index in [2.05, 4.69) is 17.3 Å². The number of likely N-dealkylation sites (N-methyl/N-ethyl adjacent to an activating group) is 1. The topological polar surface area (TPSA) is 24.5 Å². The van der Waals surface area contributed by atoms with Gasteiger partial charge in [-0.25, -0.2) is 0 Å². The summed E-state index contributed by atoms with van der Waals surface area (Å²) in [6.07, 6.45) is 7.07. The molecule has 1 unspecified atom stereocenters. The minimum atomic E-state index is 0.547. The molecule has 0 aromatic heterocycles. The third kappa shape index (κ3) is 3.44. The predicted molar refractivity (Wildman–Crippen MR) is 62.1 cm³/mol. The van der Waals surface area contributed by atoms with E-state index in [-0.39, 0.29) is 0 Å². The van der Waals surface area contributed by atoms with Crippen LogP contribution in [0, 0.1) is 0 Å². The molecular weight excluding hydrogens is 188 g/mol. The Kier molecular flexibility index (Phi) is 4.42. The van der Waals surface area contributed by atoms with E-state index in [0.29, 0.717) is 6.04 Å². The minimum absolute atomic E-state index is 0.547. The summed E-state index contributed by atoms with van der Waals surface area (Å²) in [5.74, 6) is 0. The van der Waals surface area contributed by atoms with Crippen molar-refractivity contribution in [3.05, 3.63) is 0 Å². The van der Waals surface area contributed by atoms with Gasteiger partial charge in [-0.3, -0.25) is 0 Å². The van der Waals surface area contributed by atoms with Crippen LogP contribution in [-0.2, 0) is 4.74 Å². The number of hydrogen-bond acceptors (Lipinski definition) is 3. The normalized spacial score (nSPS) is 29.6. The van der Waals surface area contributed by atoms with E-state index in [9.17, 15) is 0 Å². The van der Waals surface area contributed by atoms with Gasteiger partial charge in [-0.1, -0.05) is 19.3 Å². The Bertz CT molecular complexity index is 174. The molecule has 0 spiro atoms. The first-order valence-electron chi connectivity index (χ1n) is 6.37. The lowest BCUT2D eigenvalue weighted by molar-refractivity contribution is 0.0561. The van der Waals surface area contributed by atoms with Gasteiger partial charge < -0.3 is 15.0 Å². The van der Waals surface area contributed by atoms with Gasteiger partial charge in [0.1, 0.15) is 0 Å². The molecule has 0 aromatic carbocycles. The van der Waals surface area contributed by atoms with Crippen LogP contribution >= 0.6 is 0 Å². The molecule has 2 aliphatic rings. The minimum Gasteiger partial charge on any atom is -0.378 e. The van der Waals surface area contributed by atoms with Crippen molar-refractivity contribution in [3.8, 4) is 0 Å². The van der Waals surface area contributed by atoms with E-state index in [4.69, 9.17) is 4.74 Å². The molecule has 1 saturated carbocycles. The average Bonchev–Trinajstić information content (AvgIpc) is 2.31. The maximum atomic E-state index is 5.48. The Morgan fingerprint density at radius 1 is 1.27 bits per heavy atom. The highest BCUT2D eigenvalue weighted by Gasteiger charge is 2.21. The molecule has 15 heavy (non-hydrogen) atoms. The molecule has 1 heterocycles. The van der Waals surface area contributed by atoms with Gasteiger partial charge in [-0.15, -0.1) is 0 Å². The highest BCUT2D eigenvalue weighted by atomic mass is 16.5. The number of nitrogens with zero attached hydrogens (tertiary/aromatic N) is 1. The lowest BCUT2D eigenvalue weighted by Gasteiger charge is -2.35. The average molecular weight is 212 g/mol. The molecule has 3 nitrogen and oxygen atoms in total. The molecule has 1 N–H and O–H groups in total. The molecule has 0 aromatic rings. The van der Waals surface area contributed by atoms with Gasteiger partial charge in [0.25, 0.3) is 0 Å². The Hall–Kier alpha value is -0.120. The van der Waals surface area contributed by atoms with E-state index in [1.54, 1.807) is 0 Å². The van der Waals surface area contributed by atoms with Crippen molar-refractivity contribution >= 4 is 0 Å². The van der Waals surface area contributed by atoms with Crippen molar-refractivity contribution < 1.29 is 4.74 Å². The summed E-state index contributed by atoms with van der Waals surface area (Å²) >= 11 is 0. The van der Waals surface area contributed by atoms with E-state index >= 15 is 0 Å². The largest absolute Gasteiger partial charge is 0.378 e. The first-order chi connectivity index (χ1) is 7.36. The summed E-state index contributed by atoms with van der Waals surface area (Å²) in [4.78, 5) is 2.53. The van der Waals surface area contributed by atoms with Crippen molar-refractivity contribution in [2.24, 2.45) is 0 Å². The number of morpholine rings is 1. The Labute approximate surface area is 93.2 Å². The van der Waals surface area contributed by atoms with Crippen molar-refractivity contribution in [2.75, 3.05) is 33.4 Å². The molecule has 0 radical (unpaired) electrons. The zero-order valence-electron chi connectivity index (χ0n) is 9.87. The third-order valence-electron chi connectivity index (χ3n) is 3.70. The molecule has 1 saturated heterocycles. The Morgan fingerprint density at radius 2 is 2.07 bits per heavy atom. The van der Waals surface area contributed by atoms with Crippen molar-refractivity contribution in [3.63, 3.8) is 0 Å². The van der Waals surface area contributed by atoms with E-state index < -0.39 is 0 Å². The molecule has 0 bridgehead atoms. The first-order valence-corrected chi connectivity index (χ1v) is 6.37. The molecule has 2 fully saturated rings. The monoisotopic (exact) mass is 212 g/mol. The van der Waals surface area contributed by atoms with Crippen LogP contribution < -0.4 is 5.32 Å². The van der Waals surface area contributed by atoms with Gasteiger partial charge in [0.05, 0.1) is 13.2 Å². The van der Waals surface area contributed by atoms with Crippen LogP contribution in [0.1, 0.15) is 32.1 Å². The Morgan fingerprint density at radius 3 is 2.73 bits per heavy atom. The molecule has 88 valence electrons. The maximum absolute atomic E-state index is 5.48. The second-order valence-corrected chi connectivity index (χ2v) is 4.96. The molecule has 2 rings (SSSR count). The van der Waals surface area contributed by atoms with E-state index in [1.807, 2.05) is 0 Å². The summed E-state index contributed by atoms with van der Waals surface area (Å²) < 4.78 is 5.48. The SMILES string of the molecule is CN(CC1COCCN1)C1CCCCC1.